The number of piperidine rings is 1. The van der Waals surface area contributed by atoms with Crippen LogP contribution in [0.5, 0.6) is 0 Å². The molecule has 1 aromatic carbocycles. The monoisotopic (exact) mass is 362 g/mol. The van der Waals surface area contributed by atoms with Gasteiger partial charge in [0.15, 0.2) is 0 Å². The summed E-state index contributed by atoms with van der Waals surface area (Å²) in [6, 6.07) is 16.5. The zero-order chi connectivity index (χ0) is 18.6. The van der Waals surface area contributed by atoms with Crippen LogP contribution in [0.4, 0.5) is 0 Å². The second-order valence-corrected chi connectivity index (χ2v) is 7.46. The van der Waals surface area contributed by atoms with Crippen molar-refractivity contribution in [2.75, 3.05) is 19.6 Å². The summed E-state index contributed by atoms with van der Waals surface area (Å²) in [7, 11) is 0. The number of amides is 1. The minimum absolute atomic E-state index is 0.0849. The second kappa shape index (κ2) is 7.92. The molecule has 1 aliphatic heterocycles. The molecule has 1 saturated heterocycles. The summed E-state index contributed by atoms with van der Waals surface area (Å²) in [6.07, 6.45) is 4.17. The summed E-state index contributed by atoms with van der Waals surface area (Å²) in [5.41, 5.74) is 3.72. The minimum Gasteiger partial charge on any atom is -0.350 e. The number of likely N-dealkylation sites (tertiary alicyclic amines) is 1. The molecule has 3 heterocycles. The van der Waals surface area contributed by atoms with Crippen LogP contribution in [0.1, 0.15) is 34.6 Å². The maximum absolute atomic E-state index is 12.5. The molecule has 2 aromatic heterocycles. The van der Waals surface area contributed by atoms with Crippen molar-refractivity contribution in [3.05, 3.63) is 71.7 Å². The molecule has 27 heavy (non-hydrogen) atoms. The molecule has 1 aliphatic rings. The standard InChI is InChI=1S/C22H26N4O/c1-17-7-5-11-21-24-20(16-26(17)21)22(27)23-13-19-10-6-12-25(15-19)14-18-8-3-2-4-9-18/h2-5,7-9,11,16,19H,6,10,12-15H2,1H3,(H,23,27). The molecule has 1 amide bonds. The Morgan fingerprint density at radius 2 is 2.04 bits per heavy atom. The van der Waals surface area contributed by atoms with Gasteiger partial charge in [0, 0.05) is 31.5 Å². The fourth-order valence-electron chi connectivity index (χ4n) is 3.89. The van der Waals surface area contributed by atoms with E-state index in [1.165, 1.54) is 12.0 Å². The number of aromatic nitrogens is 2. The van der Waals surface area contributed by atoms with E-state index in [9.17, 15) is 4.79 Å². The molecule has 1 N–H and O–H groups in total. The normalized spacial score (nSPS) is 17.9. The van der Waals surface area contributed by atoms with E-state index >= 15 is 0 Å². The number of nitrogens with zero attached hydrogens (tertiary/aromatic N) is 3. The number of aryl methyl sites for hydroxylation is 1. The van der Waals surface area contributed by atoms with E-state index < -0.39 is 0 Å². The van der Waals surface area contributed by atoms with Crippen LogP contribution in [-0.2, 0) is 6.54 Å². The van der Waals surface area contributed by atoms with Gasteiger partial charge < -0.3 is 9.72 Å². The highest BCUT2D eigenvalue weighted by molar-refractivity contribution is 5.92. The van der Waals surface area contributed by atoms with Gasteiger partial charge in [0.2, 0.25) is 0 Å². The van der Waals surface area contributed by atoms with Gasteiger partial charge in [-0.1, -0.05) is 36.4 Å². The third kappa shape index (κ3) is 4.19. The predicted octanol–water partition coefficient (Wildman–Crippen LogP) is 3.28. The first-order valence-corrected chi connectivity index (χ1v) is 9.68. The van der Waals surface area contributed by atoms with Gasteiger partial charge in [-0.25, -0.2) is 4.98 Å². The molecular weight excluding hydrogens is 336 g/mol. The Hall–Kier alpha value is -2.66. The molecule has 4 rings (SSSR count). The molecular formula is C22H26N4O. The lowest BCUT2D eigenvalue weighted by atomic mass is 9.97. The SMILES string of the molecule is Cc1cccc2nc(C(=O)NCC3CCCN(Cc4ccccc4)C3)cn12. The summed E-state index contributed by atoms with van der Waals surface area (Å²) in [5, 5.41) is 3.09. The Morgan fingerprint density at radius 1 is 1.19 bits per heavy atom. The number of hydrogen-bond acceptors (Lipinski definition) is 3. The predicted molar refractivity (Wildman–Crippen MR) is 107 cm³/mol. The lowest BCUT2D eigenvalue weighted by Crippen LogP contribution is -2.40. The van der Waals surface area contributed by atoms with Crippen molar-refractivity contribution >= 4 is 11.6 Å². The van der Waals surface area contributed by atoms with E-state index in [0.717, 1.165) is 37.4 Å². The van der Waals surface area contributed by atoms with Crippen molar-refractivity contribution in [3.8, 4) is 0 Å². The number of fused-ring (bicyclic) bond motifs is 1. The molecule has 5 nitrogen and oxygen atoms in total. The van der Waals surface area contributed by atoms with Crippen LogP contribution in [0.15, 0.2) is 54.7 Å². The molecule has 0 saturated carbocycles. The molecule has 5 heteroatoms. The van der Waals surface area contributed by atoms with Crippen LogP contribution >= 0.6 is 0 Å². The third-order valence-corrected chi connectivity index (χ3v) is 5.33. The first-order valence-electron chi connectivity index (χ1n) is 9.68. The highest BCUT2D eigenvalue weighted by Crippen LogP contribution is 2.18. The number of pyridine rings is 1. The summed E-state index contributed by atoms with van der Waals surface area (Å²) in [4.78, 5) is 19.5. The van der Waals surface area contributed by atoms with E-state index in [0.29, 0.717) is 18.2 Å². The van der Waals surface area contributed by atoms with E-state index in [1.807, 2.05) is 35.7 Å². The number of carbonyl (C=O) groups excluding carboxylic acids is 1. The number of imidazole rings is 1. The van der Waals surface area contributed by atoms with Crippen molar-refractivity contribution in [3.63, 3.8) is 0 Å². The van der Waals surface area contributed by atoms with Gasteiger partial charge in [0.05, 0.1) is 0 Å². The highest BCUT2D eigenvalue weighted by Gasteiger charge is 2.21. The molecule has 3 aromatic rings. The van der Waals surface area contributed by atoms with Crippen LogP contribution in [0, 0.1) is 12.8 Å². The van der Waals surface area contributed by atoms with Crippen LogP contribution in [0.2, 0.25) is 0 Å². The van der Waals surface area contributed by atoms with Gasteiger partial charge in [-0.3, -0.25) is 9.69 Å². The van der Waals surface area contributed by atoms with Crippen LogP contribution < -0.4 is 5.32 Å². The maximum Gasteiger partial charge on any atom is 0.271 e. The first-order chi connectivity index (χ1) is 13.2. The van der Waals surface area contributed by atoms with Crippen molar-refractivity contribution in [2.24, 2.45) is 5.92 Å². The van der Waals surface area contributed by atoms with E-state index in [-0.39, 0.29) is 5.91 Å². The molecule has 1 fully saturated rings. The van der Waals surface area contributed by atoms with Crippen molar-refractivity contribution in [2.45, 2.75) is 26.3 Å². The molecule has 1 unspecified atom stereocenters. The second-order valence-electron chi connectivity index (χ2n) is 7.46. The van der Waals surface area contributed by atoms with Crippen molar-refractivity contribution in [1.29, 1.82) is 0 Å². The van der Waals surface area contributed by atoms with Gasteiger partial charge >= 0.3 is 0 Å². The van der Waals surface area contributed by atoms with Gasteiger partial charge in [-0.15, -0.1) is 0 Å². The number of hydrogen-bond donors (Lipinski definition) is 1. The molecule has 0 radical (unpaired) electrons. The Kier molecular flexibility index (Phi) is 5.21. The van der Waals surface area contributed by atoms with Crippen LogP contribution in [0.25, 0.3) is 5.65 Å². The summed E-state index contributed by atoms with van der Waals surface area (Å²) < 4.78 is 1.96. The lowest BCUT2D eigenvalue weighted by molar-refractivity contribution is 0.0926. The van der Waals surface area contributed by atoms with Gasteiger partial charge in [0.25, 0.3) is 5.91 Å². The third-order valence-electron chi connectivity index (χ3n) is 5.33. The average Bonchev–Trinajstić information content (AvgIpc) is 3.13. The lowest BCUT2D eigenvalue weighted by Gasteiger charge is -2.32. The van der Waals surface area contributed by atoms with Crippen LogP contribution in [0.3, 0.4) is 0 Å². The van der Waals surface area contributed by atoms with E-state index in [4.69, 9.17) is 0 Å². The molecule has 0 bridgehead atoms. The largest absolute Gasteiger partial charge is 0.350 e. The molecule has 140 valence electrons. The zero-order valence-corrected chi connectivity index (χ0v) is 15.8. The van der Waals surface area contributed by atoms with Crippen molar-refractivity contribution < 1.29 is 4.79 Å². The number of carbonyl (C=O) groups is 1. The first kappa shape index (κ1) is 17.7. The Morgan fingerprint density at radius 3 is 2.85 bits per heavy atom. The number of nitrogens with one attached hydrogen (secondary N) is 1. The fraction of sp³-hybridized carbons (Fsp3) is 0.364. The average molecular weight is 362 g/mol. The minimum atomic E-state index is -0.0849. The molecule has 0 aliphatic carbocycles. The quantitative estimate of drug-likeness (QED) is 0.758. The van der Waals surface area contributed by atoms with Gasteiger partial charge in [0.1, 0.15) is 11.3 Å². The summed E-state index contributed by atoms with van der Waals surface area (Å²) >= 11 is 0. The zero-order valence-electron chi connectivity index (χ0n) is 15.8. The molecule has 1 atom stereocenters. The van der Waals surface area contributed by atoms with E-state index in [2.05, 4.69) is 45.5 Å². The Labute approximate surface area is 160 Å². The van der Waals surface area contributed by atoms with Crippen molar-refractivity contribution in [1.82, 2.24) is 19.6 Å². The topological polar surface area (TPSA) is 49.6 Å². The van der Waals surface area contributed by atoms with Gasteiger partial charge in [-0.2, -0.15) is 0 Å². The maximum atomic E-state index is 12.5. The Bertz CT molecular complexity index is 918. The highest BCUT2D eigenvalue weighted by atomic mass is 16.1. The van der Waals surface area contributed by atoms with Crippen LogP contribution in [-0.4, -0.2) is 39.8 Å². The Balaban J connectivity index is 1.33. The fourth-order valence-corrected chi connectivity index (χ4v) is 3.89. The number of rotatable bonds is 5. The summed E-state index contributed by atoms with van der Waals surface area (Å²) in [6.45, 7) is 5.86. The number of benzene rings is 1. The smallest absolute Gasteiger partial charge is 0.271 e. The molecule has 0 spiro atoms. The van der Waals surface area contributed by atoms with E-state index in [1.54, 1.807) is 0 Å². The van der Waals surface area contributed by atoms with Gasteiger partial charge in [-0.05, 0) is 49.9 Å². The summed E-state index contributed by atoms with van der Waals surface area (Å²) in [5.74, 6) is 0.406.